The molecule has 0 aromatic carbocycles. The molecular formula is H5InOSnW. The number of rotatable bonds is 0. The van der Waals surface area contributed by atoms with Gasteiger partial charge < -0.3 is 0 Å². The van der Waals surface area contributed by atoms with Crippen LogP contribution in [0.4, 0.5) is 0 Å². The number of hydrogen-bond acceptors (Lipinski definition) is 1. The Kier molecular flexibility index (Phi) is 78.7. The maximum absolute atomic E-state index is 8.33. The minimum absolute atomic E-state index is 0. The summed E-state index contributed by atoms with van der Waals surface area (Å²) < 4.78 is 8.33. The summed E-state index contributed by atoms with van der Waals surface area (Å²) in [5.41, 5.74) is 0. The number of hydrogen-bond donors (Lipinski definition) is 0. The van der Waals surface area contributed by atoms with Gasteiger partial charge in [-0.2, -0.15) is 0 Å². The predicted octanol–water partition coefficient (Wildman–Crippen LogP) is -2.22. The van der Waals surface area contributed by atoms with E-state index in [1.54, 1.807) is 0 Å². The minimum atomic E-state index is 0. The zero-order valence-corrected chi connectivity index (χ0v) is 8.49. The monoisotopic (exact) mass is 440 g/mol. The van der Waals surface area contributed by atoms with Crippen molar-refractivity contribution in [1.29, 1.82) is 0 Å². The topological polar surface area (TPSA) is 17.1 Å². The Morgan fingerprint density at radius 3 is 1.25 bits per heavy atom. The molecule has 24 valence electrons. The van der Waals surface area contributed by atoms with E-state index < -0.39 is 0 Å². The molecule has 0 saturated carbocycles. The van der Waals surface area contributed by atoms with Crippen molar-refractivity contribution in [2.75, 3.05) is 0 Å². The van der Waals surface area contributed by atoms with E-state index in [1.807, 2.05) is 0 Å². The Balaban J connectivity index is -0.00000000500. The van der Waals surface area contributed by atoms with Gasteiger partial charge >= 0.3 is 72.9 Å². The van der Waals surface area contributed by atoms with Crippen LogP contribution in [0.2, 0.25) is 0 Å². The average molecular weight is 438 g/mol. The summed E-state index contributed by atoms with van der Waals surface area (Å²) >= 11 is 0.333. The predicted molar refractivity (Wildman–Crippen MR) is 19.2 cm³/mol. The van der Waals surface area contributed by atoms with Gasteiger partial charge in [0.2, 0.25) is 0 Å². The van der Waals surface area contributed by atoms with Crippen molar-refractivity contribution in [3.63, 3.8) is 0 Å². The molecule has 0 spiro atoms. The second-order valence-corrected chi connectivity index (χ2v) is 0. The van der Waals surface area contributed by atoms with Gasteiger partial charge in [0.25, 0.3) is 0 Å². The van der Waals surface area contributed by atoms with Gasteiger partial charge in [-0.15, -0.1) is 0 Å². The SMILES string of the molecule is [InH3].[O]=[W].[SnH2]. The fourth-order valence-corrected chi connectivity index (χ4v) is 0. The van der Waals surface area contributed by atoms with E-state index in [4.69, 9.17) is 3.40 Å². The van der Waals surface area contributed by atoms with E-state index in [0.717, 1.165) is 0 Å². The molecule has 0 amide bonds. The first kappa shape index (κ1) is 16.4. The maximum atomic E-state index is 8.33. The summed E-state index contributed by atoms with van der Waals surface area (Å²) in [5.74, 6) is 0. The molecular weight excluding hydrogens is 433 g/mol. The molecule has 4 heteroatoms. The third-order valence-electron chi connectivity index (χ3n) is 0. The summed E-state index contributed by atoms with van der Waals surface area (Å²) in [7, 11) is 0. The molecule has 0 aliphatic heterocycles. The van der Waals surface area contributed by atoms with Crippen LogP contribution in [0.15, 0.2) is 0 Å². The van der Waals surface area contributed by atoms with Gasteiger partial charge in [-0.25, -0.2) is 0 Å². The van der Waals surface area contributed by atoms with Crippen LogP contribution in [0.1, 0.15) is 0 Å². The van der Waals surface area contributed by atoms with Gasteiger partial charge in [-0.3, -0.25) is 0 Å². The van der Waals surface area contributed by atoms with Crippen molar-refractivity contribution in [3.8, 4) is 0 Å². The molecule has 0 saturated heterocycles. The quantitative estimate of drug-likeness (QED) is 0.392. The van der Waals surface area contributed by atoms with Crippen LogP contribution in [0.25, 0.3) is 0 Å². The molecule has 2 radical (unpaired) electrons. The van der Waals surface area contributed by atoms with Crippen LogP contribution in [0.5, 0.6) is 0 Å². The molecule has 0 bridgehead atoms. The Bertz CT molecular complexity index is 8.00. The van der Waals surface area contributed by atoms with Crippen molar-refractivity contribution in [1.82, 2.24) is 0 Å². The fraction of sp³-hybridized carbons (Fsp3) is 0. The molecule has 0 aliphatic carbocycles. The van der Waals surface area contributed by atoms with Crippen LogP contribution in [-0.4, -0.2) is 49.8 Å². The van der Waals surface area contributed by atoms with E-state index in [-0.39, 0.29) is 49.8 Å². The molecule has 0 aromatic heterocycles. The second-order valence-electron chi connectivity index (χ2n) is 0. The van der Waals surface area contributed by atoms with E-state index in [9.17, 15) is 0 Å². The van der Waals surface area contributed by atoms with Gasteiger partial charge in [0, 0.05) is 0 Å². The summed E-state index contributed by atoms with van der Waals surface area (Å²) in [6.07, 6.45) is 0. The molecule has 0 N–H and O–H groups in total. The second kappa shape index (κ2) is 19.2. The Hall–Kier alpha value is 2.16. The third kappa shape index (κ3) is 8.90. The molecule has 1 nitrogen and oxygen atoms in total. The van der Waals surface area contributed by atoms with E-state index >= 15 is 0 Å². The molecule has 0 aromatic rings. The van der Waals surface area contributed by atoms with Crippen molar-refractivity contribution in [3.05, 3.63) is 0 Å². The molecule has 0 fully saturated rings. The molecule has 0 rings (SSSR count). The average Bonchev–Trinajstić information content (AvgIpc) is 1.00. The molecule has 0 atom stereocenters. The molecule has 0 aliphatic rings. The normalized spacial score (nSPS) is 1.00. The fourth-order valence-electron chi connectivity index (χ4n) is 0. The summed E-state index contributed by atoms with van der Waals surface area (Å²) in [5, 5.41) is 0. The van der Waals surface area contributed by atoms with Gasteiger partial charge in [-0.1, -0.05) is 0 Å². The Morgan fingerprint density at radius 2 is 1.25 bits per heavy atom. The van der Waals surface area contributed by atoms with Crippen molar-refractivity contribution in [2.45, 2.75) is 0 Å². The molecule has 0 heterocycles. The van der Waals surface area contributed by atoms with E-state index in [0.29, 0.717) is 19.8 Å². The third-order valence-corrected chi connectivity index (χ3v) is 0. The van der Waals surface area contributed by atoms with Crippen LogP contribution >= 0.6 is 0 Å². The van der Waals surface area contributed by atoms with Gasteiger partial charge in [-0.05, 0) is 0 Å². The van der Waals surface area contributed by atoms with E-state index in [1.165, 1.54) is 0 Å². The van der Waals surface area contributed by atoms with Gasteiger partial charge in [0.05, 0.1) is 0 Å². The van der Waals surface area contributed by atoms with Crippen LogP contribution in [-0.2, 0) is 23.2 Å². The molecule has 0 unspecified atom stereocenters. The first-order chi connectivity index (χ1) is 1.00. The van der Waals surface area contributed by atoms with Crippen LogP contribution in [0.3, 0.4) is 0 Å². The summed E-state index contributed by atoms with van der Waals surface area (Å²) in [4.78, 5) is 0. The van der Waals surface area contributed by atoms with Gasteiger partial charge in [0.15, 0.2) is 0 Å². The first-order valence-corrected chi connectivity index (χ1v) is 1.36. The van der Waals surface area contributed by atoms with Crippen LogP contribution in [0, 0.1) is 0 Å². The zero-order chi connectivity index (χ0) is 2.00. The Morgan fingerprint density at radius 1 is 1.25 bits per heavy atom. The van der Waals surface area contributed by atoms with Gasteiger partial charge in [0.1, 0.15) is 0 Å². The zero-order valence-electron chi connectivity index (χ0n) is 1.52. The first-order valence-electron chi connectivity index (χ1n) is 0.167. The summed E-state index contributed by atoms with van der Waals surface area (Å²) in [6.45, 7) is 0. The standard InChI is InChI=1S/In.O.Sn.W.5H. The van der Waals surface area contributed by atoms with Crippen LogP contribution < -0.4 is 0 Å². The molecule has 4 heavy (non-hydrogen) atoms. The van der Waals surface area contributed by atoms with Crippen molar-refractivity contribution >= 4 is 49.8 Å². The Labute approximate surface area is 71.9 Å². The van der Waals surface area contributed by atoms with E-state index in [2.05, 4.69) is 0 Å². The van der Waals surface area contributed by atoms with Crippen molar-refractivity contribution in [2.24, 2.45) is 0 Å². The summed E-state index contributed by atoms with van der Waals surface area (Å²) in [6, 6.07) is 0. The van der Waals surface area contributed by atoms with Crippen molar-refractivity contribution < 1.29 is 23.2 Å².